The molecule has 0 radical (unpaired) electrons. The molecule has 7 heteroatoms. The first-order valence-corrected chi connectivity index (χ1v) is 7.91. The molecule has 0 saturated carbocycles. The van der Waals surface area contributed by atoms with Gasteiger partial charge in [0.15, 0.2) is 0 Å². The van der Waals surface area contributed by atoms with Crippen molar-refractivity contribution >= 4 is 27.5 Å². The molecule has 23 heavy (non-hydrogen) atoms. The summed E-state index contributed by atoms with van der Waals surface area (Å²) in [5, 5.41) is 15.2. The molecular formula is C16H14BrN5O. The van der Waals surface area contributed by atoms with E-state index in [9.17, 15) is 4.79 Å². The number of rotatable bonds is 4. The second kappa shape index (κ2) is 6.70. The van der Waals surface area contributed by atoms with E-state index in [0.717, 1.165) is 10.0 Å². The lowest BCUT2D eigenvalue weighted by Crippen LogP contribution is -2.12. The molecule has 1 heterocycles. The zero-order chi connectivity index (χ0) is 16.2. The smallest absolute Gasteiger partial charge is 0.255 e. The maximum atomic E-state index is 12.4. The van der Waals surface area contributed by atoms with Crippen molar-refractivity contribution in [2.45, 2.75) is 13.5 Å². The Morgan fingerprint density at radius 2 is 1.91 bits per heavy atom. The van der Waals surface area contributed by atoms with Gasteiger partial charge in [0, 0.05) is 15.6 Å². The number of anilines is 1. The Kier molecular flexibility index (Phi) is 4.47. The average Bonchev–Trinajstić information content (AvgIpc) is 3.05. The van der Waals surface area contributed by atoms with Gasteiger partial charge >= 0.3 is 0 Å². The number of nitrogens with one attached hydrogen (secondary N) is 1. The molecule has 3 aromatic rings. The lowest BCUT2D eigenvalue weighted by atomic mass is 10.1. The molecule has 0 spiro atoms. The monoisotopic (exact) mass is 371 g/mol. The third kappa shape index (κ3) is 3.45. The van der Waals surface area contributed by atoms with Gasteiger partial charge in [0.25, 0.3) is 5.91 Å². The van der Waals surface area contributed by atoms with Crippen LogP contribution in [0.1, 0.15) is 17.3 Å². The maximum absolute atomic E-state index is 12.4. The third-order valence-corrected chi connectivity index (χ3v) is 3.79. The van der Waals surface area contributed by atoms with E-state index in [1.807, 2.05) is 43.3 Å². The van der Waals surface area contributed by atoms with Crippen molar-refractivity contribution in [3.63, 3.8) is 0 Å². The quantitative estimate of drug-likeness (QED) is 0.762. The van der Waals surface area contributed by atoms with Crippen LogP contribution in [-0.4, -0.2) is 26.1 Å². The fourth-order valence-corrected chi connectivity index (χ4v) is 2.33. The van der Waals surface area contributed by atoms with Gasteiger partial charge in [-0.2, -0.15) is 4.80 Å². The molecule has 1 aromatic heterocycles. The summed E-state index contributed by atoms with van der Waals surface area (Å²) in [6, 6.07) is 14.6. The zero-order valence-corrected chi connectivity index (χ0v) is 14.0. The van der Waals surface area contributed by atoms with Crippen molar-refractivity contribution in [2.75, 3.05) is 5.32 Å². The fourth-order valence-electron chi connectivity index (χ4n) is 2.07. The Labute approximate surface area is 141 Å². The first-order valence-electron chi connectivity index (χ1n) is 7.11. The van der Waals surface area contributed by atoms with Crippen LogP contribution in [0.5, 0.6) is 0 Å². The number of para-hydroxylation sites is 1. The Balaban J connectivity index is 1.88. The van der Waals surface area contributed by atoms with Gasteiger partial charge in [-0.05, 0) is 48.5 Å². The summed E-state index contributed by atoms with van der Waals surface area (Å²) in [6.45, 7) is 2.58. The Morgan fingerprint density at radius 1 is 1.17 bits per heavy atom. The molecule has 0 atom stereocenters. The van der Waals surface area contributed by atoms with Crippen LogP contribution in [-0.2, 0) is 6.54 Å². The number of carbonyl (C=O) groups excluding carboxylic acids is 1. The number of aryl methyl sites for hydroxylation is 1. The molecule has 6 nitrogen and oxygen atoms in total. The van der Waals surface area contributed by atoms with Gasteiger partial charge < -0.3 is 5.32 Å². The lowest BCUT2D eigenvalue weighted by molar-refractivity contribution is 0.102. The van der Waals surface area contributed by atoms with Crippen LogP contribution in [0.3, 0.4) is 0 Å². The van der Waals surface area contributed by atoms with Crippen molar-refractivity contribution in [3.8, 4) is 11.4 Å². The summed E-state index contributed by atoms with van der Waals surface area (Å²) in [5.41, 5.74) is 1.96. The highest BCUT2D eigenvalue weighted by atomic mass is 79.9. The molecule has 0 aliphatic carbocycles. The van der Waals surface area contributed by atoms with Crippen LogP contribution in [0, 0.1) is 0 Å². The van der Waals surface area contributed by atoms with E-state index in [1.54, 1.807) is 12.1 Å². The van der Waals surface area contributed by atoms with E-state index in [1.165, 1.54) is 4.80 Å². The Bertz CT molecular complexity index is 828. The number of amides is 1. The average molecular weight is 372 g/mol. The second-order valence-electron chi connectivity index (χ2n) is 4.81. The summed E-state index contributed by atoms with van der Waals surface area (Å²) in [7, 11) is 0. The minimum Gasteiger partial charge on any atom is -0.321 e. The molecular weight excluding hydrogens is 358 g/mol. The Morgan fingerprint density at radius 3 is 2.61 bits per heavy atom. The van der Waals surface area contributed by atoms with E-state index in [-0.39, 0.29) is 5.91 Å². The minimum absolute atomic E-state index is 0.187. The molecule has 0 bridgehead atoms. The van der Waals surface area contributed by atoms with Crippen molar-refractivity contribution in [3.05, 3.63) is 58.6 Å². The molecule has 0 unspecified atom stereocenters. The topological polar surface area (TPSA) is 72.7 Å². The highest BCUT2D eigenvalue weighted by molar-refractivity contribution is 9.10. The van der Waals surface area contributed by atoms with E-state index < -0.39 is 0 Å². The van der Waals surface area contributed by atoms with Crippen LogP contribution in [0.4, 0.5) is 5.69 Å². The van der Waals surface area contributed by atoms with E-state index in [4.69, 9.17) is 0 Å². The first kappa shape index (κ1) is 15.4. The molecule has 0 aliphatic heterocycles. The molecule has 2 aromatic carbocycles. The normalized spacial score (nSPS) is 10.5. The lowest BCUT2D eigenvalue weighted by Gasteiger charge is -2.08. The molecule has 3 rings (SSSR count). The van der Waals surface area contributed by atoms with Crippen LogP contribution in [0.25, 0.3) is 11.4 Å². The number of tetrazole rings is 1. The van der Waals surface area contributed by atoms with Crippen molar-refractivity contribution < 1.29 is 4.79 Å². The van der Waals surface area contributed by atoms with Crippen LogP contribution >= 0.6 is 15.9 Å². The van der Waals surface area contributed by atoms with Crippen LogP contribution in [0.2, 0.25) is 0 Å². The summed E-state index contributed by atoms with van der Waals surface area (Å²) < 4.78 is 0.926. The fraction of sp³-hybridized carbons (Fsp3) is 0.125. The van der Waals surface area contributed by atoms with E-state index in [2.05, 4.69) is 36.7 Å². The van der Waals surface area contributed by atoms with E-state index >= 15 is 0 Å². The maximum Gasteiger partial charge on any atom is 0.255 e. The van der Waals surface area contributed by atoms with Crippen LogP contribution < -0.4 is 5.32 Å². The van der Waals surface area contributed by atoms with Gasteiger partial charge in [-0.15, -0.1) is 10.2 Å². The molecule has 1 amide bonds. The van der Waals surface area contributed by atoms with Gasteiger partial charge in [-0.1, -0.05) is 28.1 Å². The largest absolute Gasteiger partial charge is 0.321 e. The highest BCUT2D eigenvalue weighted by Gasteiger charge is 2.13. The van der Waals surface area contributed by atoms with Crippen LogP contribution in [0.15, 0.2) is 53.0 Å². The summed E-state index contributed by atoms with van der Waals surface area (Å²) in [5.74, 6) is 0.298. The number of hydrogen-bond acceptors (Lipinski definition) is 4. The van der Waals surface area contributed by atoms with E-state index in [0.29, 0.717) is 23.6 Å². The van der Waals surface area contributed by atoms with Gasteiger partial charge in [-0.25, -0.2) is 0 Å². The summed E-state index contributed by atoms with van der Waals surface area (Å²) in [6.07, 6.45) is 0. The number of carbonyl (C=O) groups is 1. The molecule has 0 saturated heterocycles. The second-order valence-corrected chi connectivity index (χ2v) is 5.72. The van der Waals surface area contributed by atoms with Crippen molar-refractivity contribution in [2.24, 2.45) is 0 Å². The van der Waals surface area contributed by atoms with Gasteiger partial charge in [0.05, 0.1) is 12.2 Å². The standard InChI is InChI=1S/C16H14BrN5O/c1-2-22-20-15(19-21-22)13-5-3-4-6-14(13)18-16(23)11-7-9-12(17)10-8-11/h3-10H,2H2,1H3,(H,18,23). The number of halogens is 1. The third-order valence-electron chi connectivity index (χ3n) is 3.26. The molecule has 116 valence electrons. The summed E-state index contributed by atoms with van der Waals surface area (Å²) >= 11 is 3.36. The SMILES string of the molecule is CCn1nnc(-c2ccccc2NC(=O)c2ccc(Br)cc2)n1. The number of nitrogens with zero attached hydrogens (tertiary/aromatic N) is 4. The minimum atomic E-state index is -0.187. The number of aromatic nitrogens is 4. The number of benzene rings is 2. The predicted octanol–water partition coefficient (Wildman–Crippen LogP) is 3.37. The van der Waals surface area contributed by atoms with Crippen molar-refractivity contribution in [1.82, 2.24) is 20.2 Å². The molecule has 0 fully saturated rings. The summed E-state index contributed by atoms with van der Waals surface area (Å²) in [4.78, 5) is 13.9. The van der Waals surface area contributed by atoms with Gasteiger partial charge in [0.1, 0.15) is 0 Å². The molecule has 1 N–H and O–H groups in total. The number of hydrogen-bond donors (Lipinski definition) is 1. The predicted molar refractivity (Wildman–Crippen MR) is 91.0 cm³/mol. The molecule has 0 aliphatic rings. The zero-order valence-electron chi connectivity index (χ0n) is 12.4. The van der Waals surface area contributed by atoms with Gasteiger partial charge in [0.2, 0.25) is 5.82 Å². The highest BCUT2D eigenvalue weighted by Crippen LogP contribution is 2.25. The first-order chi connectivity index (χ1) is 11.2. The van der Waals surface area contributed by atoms with Crippen molar-refractivity contribution in [1.29, 1.82) is 0 Å². The Hall–Kier alpha value is -2.54. The van der Waals surface area contributed by atoms with Gasteiger partial charge in [-0.3, -0.25) is 4.79 Å².